The third-order valence-electron chi connectivity index (χ3n) is 5.34. The van der Waals surface area contributed by atoms with E-state index >= 15 is 0 Å². The molecule has 1 rings (SSSR count). The van der Waals surface area contributed by atoms with Crippen molar-refractivity contribution in [2.45, 2.75) is 97.4 Å². The zero-order valence-electron chi connectivity index (χ0n) is 15.2. The van der Waals surface area contributed by atoms with E-state index in [1.807, 2.05) is 0 Å². The lowest BCUT2D eigenvalue weighted by molar-refractivity contribution is 0.165. The highest BCUT2D eigenvalue weighted by atomic mass is 15.2. The minimum absolute atomic E-state index is 0.586. The van der Waals surface area contributed by atoms with Crippen molar-refractivity contribution in [2.24, 2.45) is 5.92 Å². The van der Waals surface area contributed by atoms with E-state index in [4.69, 9.17) is 0 Å². The van der Waals surface area contributed by atoms with Crippen molar-refractivity contribution in [2.75, 3.05) is 13.1 Å². The molecule has 0 aromatic carbocycles. The van der Waals surface area contributed by atoms with Crippen molar-refractivity contribution >= 4 is 0 Å². The highest BCUT2D eigenvalue weighted by Gasteiger charge is 2.55. The maximum absolute atomic E-state index is 2.74. The third kappa shape index (κ3) is 5.77. The fraction of sp³-hybridized carbons (Fsp3) is 0.900. The van der Waals surface area contributed by atoms with E-state index in [1.54, 1.807) is 0 Å². The van der Waals surface area contributed by atoms with Crippen LogP contribution in [0.3, 0.4) is 0 Å². The summed E-state index contributed by atoms with van der Waals surface area (Å²) in [5.41, 5.74) is 0.586. The summed E-state index contributed by atoms with van der Waals surface area (Å²) in [4.78, 5) is 2.74. The van der Waals surface area contributed by atoms with Gasteiger partial charge in [-0.25, -0.2) is 0 Å². The van der Waals surface area contributed by atoms with Gasteiger partial charge in [-0.1, -0.05) is 59.1 Å². The van der Waals surface area contributed by atoms with Crippen LogP contribution in [0.15, 0.2) is 12.2 Å². The Balaban J connectivity index is 2.21. The van der Waals surface area contributed by atoms with Crippen LogP contribution in [-0.4, -0.2) is 23.5 Å². The lowest BCUT2D eigenvalue weighted by atomic mass is 10.0. The molecule has 0 unspecified atom stereocenters. The first-order valence-electron chi connectivity index (χ1n) is 9.65. The van der Waals surface area contributed by atoms with Gasteiger partial charge in [0.05, 0.1) is 0 Å². The normalized spacial score (nSPS) is 25.1. The number of rotatable bonds is 13. The molecule has 0 aromatic heterocycles. The number of hydrogen-bond donors (Lipinski definition) is 0. The molecule has 1 heteroatoms. The molecule has 0 aliphatic heterocycles. The van der Waals surface area contributed by atoms with Crippen molar-refractivity contribution in [3.63, 3.8) is 0 Å². The highest BCUT2D eigenvalue weighted by molar-refractivity contribution is 5.10. The van der Waals surface area contributed by atoms with Gasteiger partial charge in [-0.05, 0) is 64.0 Å². The molecule has 1 aliphatic rings. The Labute approximate surface area is 134 Å². The minimum Gasteiger partial charge on any atom is -0.298 e. The summed E-state index contributed by atoms with van der Waals surface area (Å²) in [5.74, 6) is 0.978. The van der Waals surface area contributed by atoms with E-state index in [9.17, 15) is 0 Å². The Morgan fingerprint density at radius 1 is 0.905 bits per heavy atom. The average Bonchev–Trinajstić information content (AvgIpc) is 3.17. The Morgan fingerprint density at radius 3 is 2.14 bits per heavy atom. The van der Waals surface area contributed by atoms with Gasteiger partial charge in [-0.2, -0.15) is 0 Å². The van der Waals surface area contributed by atoms with Crippen molar-refractivity contribution in [3.8, 4) is 0 Å². The second-order valence-corrected chi connectivity index (χ2v) is 6.83. The van der Waals surface area contributed by atoms with Crippen molar-refractivity contribution < 1.29 is 0 Å². The Kier molecular flexibility index (Phi) is 9.31. The van der Waals surface area contributed by atoms with Gasteiger partial charge in [0.2, 0.25) is 0 Å². The molecular formula is C20H39N. The number of allylic oxidation sites excluding steroid dienone is 2. The van der Waals surface area contributed by atoms with Crippen LogP contribution in [0, 0.1) is 5.92 Å². The molecular weight excluding hydrogens is 254 g/mol. The first-order chi connectivity index (χ1) is 10.2. The SMILES string of the molecule is CCCCC/C=C/CCC[C@H]1C[C@@]1(CCC)N(CC)CC. The molecule has 0 spiro atoms. The van der Waals surface area contributed by atoms with Crippen LogP contribution in [0.25, 0.3) is 0 Å². The van der Waals surface area contributed by atoms with Gasteiger partial charge in [0.25, 0.3) is 0 Å². The zero-order chi connectivity index (χ0) is 15.6. The molecule has 124 valence electrons. The van der Waals surface area contributed by atoms with Crippen LogP contribution < -0.4 is 0 Å². The van der Waals surface area contributed by atoms with E-state index in [0.717, 1.165) is 5.92 Å². The van der Waals surface area contributed by atoms with Gasteiger partial charge in [-0.15, -0.1) is 0 Å². The van der Waals surface area contributed by atoms with Crippen molar-refractivity contribution in [1.82, 2.24) is 4.90 Å². The summed E-state index contributed by atoms with van der Waals surface area (Å²) in [7, 11) is 0. The van der Waals surface area contributed by atoms with Gasteiger partial charge >= 0.3 is 0 Å². The maximum atomic E-state index is 2.74. The molecule has 1 saturated carbocycles. The van der Waals surface area contributed by atoms with E-state index in [-0.39, 0.29) is 0 Å². The molecule has 0 radical (unpaired) electrons. The summed E-state index contributed by atoms with van der Waals surface area (Å²) in [6, 6.07) is 0. The quantitative estimate of drug-likeness (QED) is 0.289. The van der Waals surface area contributed by atoms with Gasteiger partial charge in [-0.3, -0.25) is 4.90 Å². The summed E-state index contributed by atoms with van der Waals surface area (Å²) >= 11 is 0. The molecule has 0 saturated heterocycles. The Hall–Kier alpha value is -0.300. The molecule has 0 heterocycles. The van der Waals surface area contributed by atoms with Crippen molar-refractivity contribution in [3.05, 3.63) is 12.2 Å². The molecule has 0 bridgehead atoms. The summed E-state index contributed by atoms with van der Waals surface area (Å²) in [5, 5.41) is 0. The van der Waals surface area contributed by atoms with Crippen LogP contribution in [0.2, 0.25) is 0 Å². The van der Waals surface area contributed by atoms with Gasteiger partial charge < -0.3 is 0 Å². The number of nitrogens with zero attached hydrogens (tertiary/aromatic N) is 1. The molecule has 21 heavy (non-hydrogen) atoms. The predicted octanol–water partition coefficient (Wildman–Crippen LogP) is 6.19. The second-order valence-electron chi connectivity index (χ2n) is 6.83. The summed E-state index contributed by atoms with van der Waals surface area (Å²) in [6.07, 6.45) is 18.5. The smallest absolute Gasteiger partial charge is 0.0241 e. The van der Waals surface area contributed by atoms with Crippen LogP contribution in [0.1, 0.15) is 91.9 Å². The molecule has 1 fully saturated rings. The van der Waals surface area contributed by atoms with Gasteiger partial charge in [0, 0.05) is 5.54 Å². The Bertz CT molecular complexity index is 280. The fourth-order valence-electron chi connectivity index (χ4n) is 4.11. The van der Waals surface area contributed by atoms with Gasteiger partial charge in [0.15, 0.2) is 0 Å². The minimum atomic E-state index is 0.586. The van der Waals surface area contributed by atoms with Gasteiger partial charge in [0.1, 0.15) is 0 Å². The highest BCUT2D eigenvalue weighted by Crippen LogP contribution is 2.54. The molecule has 2 atom stereocenters. The first kappa shape index (κ1) is 18.7. The first-order valence-corrected chi connectivity index (χ1v) is 9.65. The number of unbranched alkanes of at least 4 members (excludes halogenated alkanes) is 4. The molecule has 1 nitrogen and oxygen atoms in total. The van der Waals surface area contributed by atoms with Crippen LogP contribution >= 0.6 is 0 Å². The number of hydrogen-bond acceptors (Lipinski definition) is 1. The maximum Gasteiger partial charge on any atom is 0.0241 e. The predicted molar refractivity (Wildman–Crippen MR) is 95.8 cm³/mol. The van der Waals surface area contributed by atoms with E-state index < -0.39 is 0 Å². The molecule has 0 amide bonds. The topological polar surface area (TPSA) is 3.24 Å². The standard InChI is InChI=1S/C20H39N/c1-5-9-10-11-12-13-14-15-16-19-18-20(19,17-6-2)21(7-3)8-4/h12-13,19H,5-11,14-18H2,1-4H3/b13-12+/t19-,20+/m0/s1. The zero-order valence-corrected chi connectivity index (χ0v) is 15.2. The van der Waals surface area contributed by atoms with Crippen LogP contribution in [0.5, 0.6) is 0 Å². The van der Waals surface area contributed by atoms with E-state index in [1.165, 1.54) is 77.3 Å². The second kappa shape index (κ2) is 10.4. The van der Waals surface area contributed by atoms with Crippen LogP contribution in [-0.2, 0) is 0 Å². The molecule has 1 aliphatic carbocycles. The molecule has 0 N–H and O–H groups in total. The lowest BCUT2D eigenvalue weighted by Crippen LogP contribution is -2.38. The van der Waals surface area contributed by atoms with E-state index in [2.05, 4.69) is 44.7 Å². The third-order valence-corrected chi connectivity index (χ3v) is 5.34. The molecule has 0 aromatic rings. The largest absolute Gasteiger partial charge is 0.298 e. The summed E-state index contributed by atoms with van der Waals surface area (Å²) < 4.78 is 0. The monoisotopic (exact) mass is 293 g/mol. The van der Waals surface area contributed by atoms with Crippen molar-refractivity contribution in [1.29, 1.82) is 0 Å². The Morgan fingerprint density at radius 2 is 1.57 bits per heavy atom. The fourth-order valence-corrected chi connectivity index (χ4v) is 4.11. The summed E-state index contributed by atoms with van der Waals surface area (Å²) in [6.45, 7) is 11.7. The lowest BCUT2D eigenvalue weighted by Gasteiger charge is -2.31. The average molecular weight is 294 g/mol. The van der Waals surface area contributed by atoms with Crippen LogP contribution in [0.4, 0.5) is 0 Å². The van der Waals surface area contributed by atoms with E-state index in [0.29, 0.717) is 5.54 Å².